The average Bonchev–Trinajstić information content (AvgIpc) is 3.22. The summed E-state index contributed by atoms with van der Waals surface area (Å²) in [6.45, 7) is 2.45. The van der Waals surface area contributed by atoms with Crippen molar-refractivity contribution < 1.29 is 9.47 Å². The van der Waals surface area contributed by atoms with Gasteiger partial charge in [0, 0.05) is 45.5 Å². The highest BCUT2D eigenvalue weighted by Crippen LogP contribution is 2.33. The van der Waals surface area contributed by atoms with E-state index in [1.54, 1.807) is 7.11 Å². The smallest absolute Gasteiger partial charge is 0.103 e. The first-order chi connectivity index (χ1) is 11.8. The number of rotatable bonds is 8. The average molecular weight is 329 g/mol. The summed E-state index contributed by atoms with van der Waals surface area (Å²) < 4.78 is 13.3. The lowest BCUT2D eigenvalue weighted by Crippen LogP contribution is -2.39. The van der Waals surface area contributed by atoms with Gasteiger partial charge in [0.2, 0.25) is 0 Å². The van der Waals surface area contributed by atoms with Gasteiger partial charge in [-0.3, -0.25) is 4.68 Å². The van der Waals surface area contributed by atoms with Crippen LogP contribution in [0.2, 0.25) is 0 Å². The Morgan fingerprint density at radius 1 is 1.33 bits per heavy atom. The van der Waals surface area contributed by atoms with Gasteiger partial charge in [-0.15, -0.1) is 0 Å². The second-order valence-electron chi connectivity index (χ2n) is 6.47. The SMILES string of the molecule is COC[C@H](Cc1ccccc1)NC[C@@H]1CCO[C@H]1c1ccnn1C. The fourth-order valence-electron chi connectivity index (χ4n) is 3.44. The molecule has 3 atom stereocenters. The van der Waals surface area contributed by atoms with Crippen LogP contribution in [0, 0.1) is 5.92 Å². The molecule has 1 aromatic carbocycles. The monoisotopic (exact) mass is 329 g/mol. The lowest BCUT2D eigenvalue weighted by atomic mass is 9.98. The molecule has 0 spiro atoms. The predicted octanol–water partition coefficient (Wildman–Crippen LogP) is 2.34. The normalized spacial score (nSPS) is 21.9. The Morgan fingerprint density at radius 3 is 2.88 bits per heavy atom. The van der Waals surface area contributed by atoms with Crippen molar-refractivity contribution in [2.75, 3.05) is 26.9 Å². The van der Waals surface area contributed by atoms with Crippen molar-refractivity contribution in [1.82, 2.24) is 15.1 Å². The van der Waals surface area contributed by atoms with Crippen LogP contribution in [0.5, 0.6) is 0 Å². The van der Waals surface area contributed by atoms with Crippen LogP contribution < -0.4 is 5.32 Å². The van der Waals surface area contributed by atoms with Gasteiger partial charge in [-0.05, 0) is 24.5 Å². The van der Waals surface area contributed by atoms with Gasteiger partial charge < -0.3 is 14.8 Å². The Morgan fingerprint density at radius 2 is 2.17 bits per heavy atom. The molecule has 0 radical (unpaired) electrons. The first-order valence-corrected chi connectivity index (χ1v) is 8.63. The summed E-state index contributed by atoms with van der Waals surface area (Å²) in [6, 6.07) is 12.9. The van der Waals surface area contributed by atoms with Crippen molar-refractivity contribution in [3.05, 3.63) is 53.9 Å². The van der Waals surface area contributed by atoms with Crippen LogP contribution >= 0.6 is 0 Å². The minimum atomic E-state index is 0.130. The van der Waals surface area contributed by atoms with E-state index in [2.05, 4.69) is 46.8 Å². The van der Waals surface area contributed by atoms with Crippen LogP contribution in [0.1, 0.15) is 23.8 Å². The molecule has 1 aliphatic heterocycles. The molecule has 1 fully saturated rings. The lowest BCUT2D eigenvalue weighted by molar-refractivity contribution is 0.0814. The predicted molar refractivity (Wildman–Crippen MR) is 93.8 cm³/mol. The summed E-state index contributed by atoms with van der Waals surface area (Å²) in [4.78, 5) is 0. The number of nitrogens with one attached hydrogen (secondary N) is 1. The summed E-state index contributed by atoms with van der Waals surface area (Å²) in [6.07, 6.45) is 4.02. The molecular weight excluding hydrogens is 302 g/mol. The number of hydrogen-bond donors (Lipinski definition) is 1. The Labute approximate surface area is 144 Å². The molecule has 130 valence electrons. The van der Waals surface area contributed by atoms with Crippen LogP contribution in [0.3, 0.4) is 0 Å². The van der Waals surface area contributed by atoms with E-state index in [1.165, 1.54) is 5.56 Å². The van der Waals surface area contributed by atoms with Crippen LogP contribution in [-0.4, -0.2) is 42.7 Å². The fraction of sp³-hybridized carbons (Fsp3) is 0.526. The van der Waals surface area contributed by atoms with Crippen molar-refractivity contribution in [3.63, 3.8) is 0 Å². The molecule has 1 N–H and O–H groups in total. The molecular formula is C19H27N3O2. The number of benzene rings is 1. The zero-order valence-corrected chi connectivity index (χ0v) is 14.5. The highest BCUT2D eigenvalue weighted by molar-refractivity contribution is 5.16. The van der Waals surface area contributed by atoms with Gasteiger partial charge in [-0.2, -0.15) is 5.10 Å². The standard InChI is InChI=1S/C19H27N3O2/c1-22-18(8-10-21-22)19-16(9-11-24-19)13-20-17(14-23-2)12-15-6-4-3-5-7-15/h3-8,10,16-17,19-20H,9,11-14H2,1-2H3/t16-,17-,19+/m0/s1. The number of hydrogen-bond acceptors (Lipinski definition) is 4. The molecule has 1 saturated heterocycles. The number of ether oxygens (including phenoxy) is 2. The summed E-state index contributed by atoms with van der Waals surface area (Å²) in [5.41, 5.74) is 2.49. The maximum atomic E-state index is 5.97. The van der Waals surface area contributed by atoms with Crippen molar-refractivity contribution in [1.29, 1.82) is 0 Å². The third-order valence-electron chi connectivity index (χ3n) is 4.73. The molecule has 3 rings (SSSR count). The number of aryl methyl sites for hydroxylation is 1. The van der Waals surface area contributed by atoms with E-state index in [0.717, 1.165) is 31.7 Å². The van der Waals surface area contributed by atoms with Crippen LogP contribution in [0.15, 0.2) is 42.6 Å². The van der Waals surface area contributed by atoms with E-state index in [0.29, 0.717) is 18.6 Å². The van der Waals surface area contributed by atoms with E-state index in [9.17, 15) is 0 Å². The van der Waals surface area contributed by atoms with Crippen molar-refractivity contribution in [2.45, 2.75) is 25.0 Å². The quantitative estimate of drug-likeness (QED) is 0.808. The third-order valence-corrected chi connectivity index (χ3v) is 4.73. The van der Waals surface area contributed by atoms with Crippen LogP contribution in [0.4, 0.5) is 0 Å². The van der Waals surface area contributed by atoms with E-state index in [1.807, 2.05) is 17.9 Å². The van der Waals surface area contributed by atoms with E-state index < -0.39 is 0 Å². The highest BCUT2D eigenvalue weighted by atomic mass is 16.5. The van der Waals surface area contributed by atoms with E-state index >= 15 is 0 Å². The van der Waals surface area contributed by atoms with Gasteiger partial charge in [0.05, 0.1) is 12.3 Å². The van der Waals surface area contributed by atoms with E-state index in [-0.39, 0.29) is 6.10 Å². The molecule has 1 aromatic heterocycles. The van der Waals surface area contributed by atoms with Gasteiger partial charge in [-0.25, -0.2) is 0 Å². The van der Waals surface area contributed by atoms with Gasteiger partial charge >= 0.3 is 0 Å². The van der Waals surface area contributed by atoms with Gasteiger partial charge in [0.25, 0.3) is 0 Å². The minimum absolute atomic E-state index is 0.130. The largest absolute Gasteiger partial charge is 0.383 e. The lowest BCUT2D eigenvalue weighted by Gasteiger charge is -2.23. The first-order valence-electron chi connectivity index (χ1n) is 8.63. The minimum Gasteiger partial charge on any atom is -0.383 e. The number of aromatic nitrogens is 2. The molecule has 0 amide bonds. The molecule has 0 saturated carbocycles. The van der Waals surface area contributed by atoms with Crippen LogP contribution in [0.25, 0.3) is 0 Å². The summed E-state index contributed by atoms with van der Waals surface area (Å²) in [7, 11) is 3.74. The molecule has 1 aliphatic rings. The second-order valence-corrected chi connectivity index (χ2v) is 6.47. The molecule has 2 heterocycles. The van der Waals surface area contributed by atoms with Crippen molar-refractivity contribution in [3.8, 4) is 0 Å². The molecule has 24 heavy (non-hydrogen) atoms. The zero-order chi connectivity index (χ0) is 16.8. The molecule has 0 bridgehead atoms. The fourth-order valence-corrected chi connectivity index (χ4v) is 3.44. The first kappa shape index (κ1) is 17.1. The molecule has 2 aromatic rings. The Bertz CT molecular complexity index is 614. The summed E-state index contributed by atoms with van der Waals surface area (Å²) >= 11 is 0. The third kappa shape index (κ3) is 4.23. The van der Waals surface area contributed by atoms with Crippen molar-refractivity contribution >= 4 is 0 Å². The summed E-state index contributed by atoms with van der Waals surface area (Å²) in [5, 5.41) is 7.96. The van der Waals surface area contributed by atoms with Gasteiger partial charge in [0.1, 0.15) is 6.10 Å². The topological polar surface area (TPSA) is 48.3 Å². The maximum absolute atomic E-state index is 5.97. The van der Waals surface area contributed by atoms with Gasteiger partial charge in [0.15, 0.2) is 0 Å². The molecule has 0 unspecified atom stereocenters. The van der Waals surface area contributed by atoms with Gasteiger partial charge in [-0.1, -0.05) is 30.3 Å². The Hall–Kier alpha value is -1.69. The Balaban J connectivity index is 1.58. The molecule has 5 heteroatoms. The zero-order valence-electron chi connectivity index (χ0n) is 14.5. The highest BCUT2D eigenvalue weighted by Gasteiger charge is 2.31. The molecule has 5 nitrogen and oxygen atoms in total. The number of methoxy groups -OCH3 is 1. The van der Waals surface area contributed by atoms with E-state index in [4.69, 9.17) is 9.47 Å². The summed E-state index contributed by atoms with van der Waals surface area (Å²) in [5.74, 6) is 0.468. The molecule has 0 aliphatic carbocycles. The van der Waals surface area contributed by atoms with Crippen LogP contribution in [-0.2, 0) is 22.9 Å². The maximum Gasteiger partial charge on any atom is 0.103 e. The number of nitrogens with zero attached hydrogens (tertiary/aromatic N) is 2. The van der Waals surface area contributed by atoms with Crippen molar-refractivity contribution in [2.24, 2.45) is 13.0 Å². The second kappa shape index (κ2) is 8.42. The Kier molecular flexibility index (Phi) is 6.01.